The number of fused-ring (bicyclic) bond motifs is 1. The standard InChI is InChI=1S/C23H28ClFNO2.ClH/c1-4-5-6-10-21-17-14-23(28-3)22(27-2)13-16(17)11-12-26(21)15-18-19(24)8-7-9-20(18)25;/h7-9,13-14H,4-6,10-12,15H2,1-3H3;1H/q+1;/p-1. The van der Waals surface area contributed by atoms with Crippen molar-refractivity contribution in [2.45, 2.75) is 45.6 Å². The van der Waals surface area contributed by atoms with Gasteiger partial charge in [0, 0.05) is 18.4 Å². The lowest BCUT2D eigenvalue weighted by Gasteiger charge is -2.21. The van der Waals surface area contributed by atoms with Crippen LogP contribution in [0.2, 0.25) is 5.02 Å². The van der Waals surface area contributed by atoms with Gasteiger partial charge in [0.1, 0.15) is 12.4 Å². The molecule has 3 rings (SSSR count). The van der Waals surface area contributed by atoms with Crippen molar-refractivity contribution >= 4 is 17.3 Å². The van der Waals surface area contributed by atoms with Gasteiger partial charge in [-0.25, -0.2) is 8.97 Å². The van der Waals surface area contributed by atoms with E-state index in [1.807, 2.05) is 0 Å². The normalized spacial score (nSPS) is 13.0. The first-order valence-corrected chi connectivity index (χ1v) is 10.3. The third-order valence-electron chi connectivity index (χ3n) is 5.38. The molecule has 0 spiro atoms. The Morgan fingerprint density at radius 3 is 2.48 bits per heavy atom. The number of hydrogen-bond acceptors (Lipinski definition) is 2. The van der Waals surface area contributed by atoms with E-state index in [9.17, 15) is 4.39 Å². The molecule has 0 aliphatic carbocycles. The minimum atomic E-state index is -0.251. The molecule has 1 heterocycles. The predicted molar refractivity (Wildman–Crippen MR) is 112 cm³/mol. The summed E-state index contributed by atoms with van der Waals surface area (Å²) >= 11 is 6.30. The number of hydrogen-bond donors (Lipinski definition) is 0. The number of halogens is 3. The van der Waals surface area contributed by atoms with Crippen LogP contribution in [0.15, 0.2) is 30.3 Å². The number of methoxy groups -OCH3 is 2. The molecule has 0 fully saturated rings. The lowest BCUT2D eigenvalue weighted by molar-refractivity contribution is -0.546. The van der Waals surface area contributed by atoms with Crippen LogP contribution < -0.4 is 21.9 Å². The fourth-order valence-corrected chi connectivity index (χ4v) is 4.06. The molecule has 0 bridgehead atoms. The van der Waals surface area contributed by atoms with E-state index in [0.717, 1.165) is 43.7 Å². The van der Waals surface area contributed by atoms with Gasteiger partial charge in [-0.3, -0.25) is 0 Å². The van der Waals surface area contributed by atoms with Crippen LogP contribution in [-0.2, 0) is 13.0 Å². The Morgan fingerprint density at radius 1 is 1.10 bits per heavy atom. The molecule has 0 radical (unpaired) electrons. The highest BCUT2D eigenvalue weighted by atomic mass is 35.5. The van der Waals surface area contributed by atoms with Gasteiger partial charge >= 0.3 is 0 Å². The summed E-state index contributed by atoms with van der Waals surface area (Å²) in [7, 11) is 3.31. The van der Waals surface area contributed by atoms with Crippen molar-refractivity contribution < 1.29 is 30.8 Å². The zero-order chi connectivity index (χ0) is 20.1. The molecule has 1 aliphatic rings. The third kappa shape index (κ3) is 5.23. The number of ether oxygens (including phenoxy) is 2. The predicted octanol–water partition coefficient (Wildman–Crippen LogP) is 2.64. The van der Waals surface area contributed by atoms with Gasteiger partial charge in [-0.15, -0.1) is 0 Å². The molecule has 0 N–H and O–H groups in total. The second-order valence-corrected chi connectivity index (χ2v) is 7.55. The average Bonchev–Trinajstić information content (AvgIpc) is 2.70. The molecule has 0 amide bonds. The van der Waals surface area contributed by atoms with E-state index in [-0.39, 0.29) is 18.2 Å². The maximum atomic E-state index is 14.4. The zero-order valence-corrected chi connectivity index (χ0v) is 18.7. The summed E-state index contributed by atoms with van der Waals surface area (Å²) in [6.45, 7) is 3.50. The molecule has 2 aromatic carbocycles. The van der Waals surface area contributed by atoms with Crippen LogP contribution in [0.1, 0.15) is 49.3 Å². The molecule has 0 unspecified atom stereocenters. The van der Waals surface area contributed by atoms with Crippen LogP contribution in [0, 0.1) is 5.82 Å². The number of rotatable bonds is 8. The molecule has 0 saturated heterocycles. The lowest BCUT2D eigenvalue weighted by atomic mass is 9.92. The smallest absolute Gasteiger partial charge is 0.184 e. The van der Waals surface area contributed by atoms with Crippen LogP contribution in [0.4, 0.5) is 4.39 Å². The van der Waals surface area contributed by atoms with Gasteiger partial charge in [-0.1, -0.05) is 37.4 Å². The quantitative estimate of drug-likeness (QED) is 0.465. The van der Waals surface area contributed by atoms with Gasteiger partial charge in [-0.2, -0.15) is 0 Å². The van der Waals surface area contributed by atoms with E-state index in [0.29, 0.717) is 17.1 Å². The maximum absolute atomic E-state index is 14.4. The van der Waals surface area contributed by atoms with Crippen LogP contribution in [-0.4, -0.2) is 31.1 Å². The second-order valence-electron chi connectivity index (χ2n) is 7.14. The average molecular weight is 440 g/mol. The molecule has 0 saturated carbocycles. The Morgan fingerprint density at radius 2 is 1.83 bits per heavy atom. The van der Waals surface area contributed by atoms with Gasteiger partial charge < -0.3 is 21.9 Å². The van der Waals surface area contributed by atoms with Crippen LogP contribution in [0.25, 0.3) is 0 Å². The van der Waals surface area contributed by atoms with E-state index in [1.54, 1.807) is 26.4 Å². The molecular formula is C23H28Cl2FNO2. The van der Waals surface area contributed by atoms with Gasteiger partial charge in [0.15, 0.2) is 23.8 Å². The Kier molecular flexibility index (Phi) is 8.79. The van der Waals surface area contributed by atoms with Gasteiger partial charge in [0.25, 0.3) is 0 Å². The highest BCUT2D eigenvalue weighted by Crippen LogP contribution is 2.34. The SMILES string of the molecule is CCCCCC1=[N+](Cc2c(F)cccc2Cl)CCc2cc(OC)c(OC)cc21.[Cl-]. The summed E-state index contributed by atoms with van der Waals surface area (Å²) in [6.07, 6.45) is 5.24. The topological polar surface area (TPSA) is 21.5 Å². The first-order chi connectivity index (χ1) is 13.6. The lowest BCUT2D eigenvalue weighted by Crippen LogP contribution is -3.00. The summed E-state index contributed by atoms with van der Waals surface area (Å²) in [5.74, 6) is 1.22. The molecule has 29 heavy (non-hydrogen) atoms. The van der Waals surface area contributed by atoms with E-state index < -0.39 is 0 Å². The minimum absolute atomic E-state index is 0. The fraction of sp³-hybridized carbons (Fsp3) is 0.435. The third-order valence-corrected chi connectivity index (χ3v) is 5.73. The summed E-state index contributed by atoms with van der Waals surface area (Å²) in [5, 5.41) is 0.478. The molecule has 158 valence electrons. The molecule has 0 aromatic heterocycles. The van der Waals surface area contributed by atoms with E-state index >= 15 is 0 Å². The number of nitrogens with zero attached hydrogens (tertiary/aromatic N) is 1. The molecule has 0 atom stereocenters. The monoisotopic (exact) mass is 439 g/mol. The van der Waals surface area contributed by atoms with E-state index in [4.69, 9.17) is 21.1 Å². The first kappa shape index (κ1) is 23.5. The van der Waals surface area contributed by atoms with Gasteiger partial charge in [0.2, 0.25) is 0 Å². The minimum Gasteiger partial charge on any atom is -1.00 e. The highest BCUT2D eigenvalue weighted by molar-refractivity contribution is 6.31. The molecule has 2 aromatic rings. The molecular weight excluding hydrogens is 412 g/mol. The van der Waals surface area contributed by atoms with Crippen molar-refractivity contribution in [1.29, 1.82) is 0 Å². The van der Waals surface area contributed by atoms with Gasteiger partial charge in [0.05, 0.1) is 24.8 Å². The second kappa shape index (κ2) is 10.8. The molecule has 1 aliphatic heterocycles. The summed E-state index contributed by atoms with van der Waals surface area (Å²) in [6, 6.07) is 9.01. The Bertz CT molecular complexity index is 863. The first-order valence-electron chi connectivity index (χ1n) is 9.88. The number of benzene rings is 2. The van der Waals surface area contributed by atoms with Crippen LogP contribution in [0.3, 0.4) is 0 Å². The molecule has 6 heteroatoms. The van der Waals surface area contributed by atoms with E-state index in [1.165, 1.54) is 29.3 Å². The fourth-order valence-electron chi connectivity index (χ4n) is 3.84. The Hall–Kier alpha value is -1.78. The van der Waals surface area contributed by atoms with Crippen molar-refractivity contribution in [3.05, 3.63) is 57.9 Å². The summed E-state index contributed by atoms with van der Waals surface area (Å²) < 4.78 is 27.7. The zero-order valence-electron chi connectivity index (χ0n) is 17.2. The van der Waals surface area contributed by atoms with Crippen LogP contribution >= 0.6 is 11.6 Å². The molecule has 3 nitrogen and oxygen atoms in total. The maximum Gasteiger partial charge on any atom is 0.184 e. The van der Waals surface area contributed by atoms with Gasteiger partial charge in [-0.05, 0) is 36.2 Å². The van der Waals surface area contributed by atoms with Crippen molar-refractivity contribution in [2.24, 2.45) is 0 Å². The van der Waals surface area contributed by atoms with Crippen molar-refractivity contribution in [3.8, 4) is 11.5 Å². The van der Waals surface area contributed by atoms with Crippen LogP contribution in [0.5, 0.6) is 11.5 Å². The number of unbranched alkanes of at least 4 members (excludes halogenated alkanes) is 2. The largest absolute Gasteiger partial charge is 1.00 e. The van der Waals surface area contributed by atoms with Crippen molar-refractivity contribution in [3.63, 3.8) is 0 Å². The van der Waals surface area contributed by atoms with E-state index in [2.05, 4.69) is 23.6 Å². The van der Waals surface area contributed by atoms with Crippen molar-refractivity contribution in [2.75, 3.05) is 20.8 Å². The summed E-state index contributed by atoms with van der Waals surface area (Å²) in [4.78, 5) is 0. The highest BCUT2D eigenvalue weighted by Gasteiger charge is 2.28. The Labute approximate surface area is 183 Å². The van der Waals surface area contributed by atoms with Crippen molar-refractivity contribution in [1.82, 2.24) is 0 Å². The summed E-state index contributed by atoms with van der Waals surface area (Å²) in [5.41, 5.74) is 4.21. The Balaban J connectivity index is 0.00000300.